The maximum atomic E-state index is 13.1. The minimum atomic E-state index is -4.74. The highest BCUT2D eigenvalue weighted by Crippen LogP contribution is 2.37. The maximum absolute atomic E-state index is 13.1. The van der Waals surface area contributed by atoms with Gasteiger partial charge in [-0.15, -0.1) is 11.3 Å². The summed E-state index contributed by atoms with van der Waals surface area (Å²) in [6.45, 7) is 1.04. The molecule has 2 aromatic rings. The van der Waals surface area contributed by atoms with E-state index in [4.69, 9.17) is 16.3 Å². The van der Waals surface area contributed by atoms with Crippen LogP contribution in [0.15, 0.2) is 40.6 Å². The van der Waals surface area contributed by atoms with Crippen LogP contribution < -0.4 is 4.72 Å². The summed E-state index contributed by atoms with van der Waals surface area (Å²) in [5.41, 5.74) is -1.18. The van der Waals surface area contributed by atoms with E-state index in [2.05, 4.69) is 4.72 Å². The maximum Gasteiger partial charge on any atom is 0.417 e. The van der Waals surface area contributed by atoms with Crippen LogP contribution in [0, 0.1) is 5.92 Å². The van der Waals surface area contributed by atoms with Crippen LogP contribution in [0.2, 0.25) is 5.02 Å². The molecule has 1 fully saturated rings. The first-order valence-corrected chi connectivity index (χ1v) is 10.9. The highest BCUT2D eigenvalue weighted by atomic mass is 35.5. The molecule has 0 bridgehead atoms. The van der Waals surface area contributed by atoms with Gasteiger partial charge in [-0.1, -0.05) is 17.7 Å². The third kappa shape index (κ3) is 4.83. The Labute approximate surface area is 164 Å². The molecule has 148 valence electrons. The Kier molecular flexibility index (Phi) is 6.17. The van der Waals surface area contributed by atoms with Crippen LogP contribution in [-0.4, -0.2) is 21.6 Å². The minimum Gasteiger partial charge on any atom is -0.381 e. The molecule has 10 heteroatoms. The quantitative estimate of drug-likeness (QED) is 0.723. The molecule has 27 heavy (non-hydrogen) atoms. The fourth-order valence-electron chi connectivity index (χ4n) is 3.03. The molecule has 1 aromatic heterocycles. The van der Waals surface area contributed by atoms with Crippen LogP contribution in [-0.2, 0) is 20.9 Å². The fraction of sp³-hybridized carbons (Fsp3) is 0.412. The summed E-state index contributed by atoms with van der Waals surface area (Å²) in [4.78, 5) is 0.350. The summed E-state index contributed by atoms with van der Waals surface area (Å²) < 4.78 is 72.8. The topological polar surface area (TPSA) is 55.4 Å². The number of benzene rings is 1. The normalized spacial score (nSPS) is 17.8. The van der Waals surface area contributed by atoms with Crippen molar-refractivity contribution >= 4 is 33.0 Å². The standard InChI is InChI=1S/C17H17ClF3NO3S2/c18-14-4-3-12(10-13(14)17(19,20)21)27(23,24)22-16(15-2-1-9-26-15)11-5-7-25-8-6-11/h1-4,9-11,16,22H,5-8H2/t16-/m0/s1. The van der Waals surface area contributed by atoms with E-state index in [9.17, 15) is 21.6 Å². The van der Waals surface area contributed by atoms with Crippen LogP contribution in [0.4, 0.5) is 13.2 Å². The van der Waals surface area contributed by atoms with Crippen molar-refractivity contribution in [1.82, 2.24) is 4.72 Å². The second-order valence-corrected chi connectivity index (χ2v) is 9.30. The molecule has 1 aliphatic heterocycles. The molecule has 0 saturated carbocycles. The molecule has 0 amide bonds. The average molecular weight is 440 g/mol. The second-order valence-electron chi connectivity index (χ2n) is 6.20. The first-order valence-electron chi connectivity index (χ1n) is 8.19. The molecule has 1 atom stereocenters. The van der Waals surface area contributed by atoms with E-state index in [1.165, 1.54) is 11.3 Å². The number of hydrogen-bond donors (Lipinski definition) is 1. The number of rotatable bonds is 5. The van der Waals surface area contributed by atoms with Crippen molar-refractivity contribution in [3.8, 4) is 0 Å². The van der Waals surface area contributed by atoms with Gasteiger partial charge in [-0.3, -0.25) is 0 Å². The summed E-state index contributed by atoms with van der Waals surface area (Å²) in [6, 6.07) is 5.70. The van der Waals surface area contributed by atoms with Gasteiger partial charge in [0.2, 0.25) is 10.0 Å². The van der Waals surface area contributed by atoms with Crippen molar-refractivity contribution in [1.29, 1.82) is 0 Å². The molecule has 0 unspecified atom stereocenters. The van der Waals surface area contributed by atoms with Gasteiger partial charge in [0.15, 0.2) is 0 Å². The fourth-order valence-corrected chi connectivity index (χ4v) is 5.51. The number of hydrogen-bond acceptors (Lipinski definition) is 4. The van der Waals surface area contributed by atoms with Crippen LogP contribution >= 0.6 is 22.9 Å². The van der Waals surface area contributed by atoms with Crippen LogP contribution in [0.3, 0.4) is 0 Å². The smallest absolute Gasteiger partial charge is 0.381 e. The van der Waals surface area contributed by atoms with Crippen molar-refractivity contribution in [2.75, 3.05) is 13.2 Å². The summed E-state index contributed by atoms with van der Waals surface area (Å²) >= 11 is 6.99. The molecule has 0 radical (unpaired) electrons. The lowest BCUT2D eigenvalue weighted by atomic mass is 9.91. The van der Waals surface area contributed by atoms with Crippen molar-refractivity contribution < 1.29 is 26.3 Å². The molecule has 2 heterocycles. The van der Waals surface area contributed by atoms with Gasteiger partial charge in [-0.2, -0.15) is 13.2 Å². The van der Waals surface area contributed by atoms with Crippen molar-refractivity contribution in [3.05, 3.63) is 51.2 Å². The molecule has 3 rings (SSSR count). The lowest BCUT2D eigenvalue weighted by Gasteiger charge is -2.30. The molecule has 1 aromatic carbocycles. The lowest BCUT2D eigenvalue weighted by molar-refractivity contribution is -0.137. The average Bonchev–Trinajstić information content (AvgIpc) is 3.14. The van der Waals surface area contributed by atoms with Crippen molar-refractivity contribution in [3.63, 3.8) is 0 Å². The van der Waals surface area contributed by atoms with Gasteiger partial charge >= 0.3 is 6.18 Å². The predicted octanol–water partition coefficient (Wildman–Crippen LogP) is 4.87. The van der Waals surface area contributed by atoms with Gasteiger partial charge in [0.05, 0.1) is 21.5 Å². The first-order chi connectivity index (χ1) is 12.7. The third-order valence-corrected chi connectivity index (χ3v) is 7.15. The Hall–Kier alpha value is -1.13. The van der Waals surface area contributed by atoms with E-state index in [1.807, 2.05) is 17.5 Å². The molecule has 1 N–H and O–H groups in total. The van der Waals surface area contributed by atoms with Gasteiger partial charge in [0, 0.05) is 18.1 Å². The van der Waals surface area contributed by atoms with Gasteiger partial charge < -0.3 is 4.74 Å². The van der Waals surface area contributed by atoms with Gasteiger partial charge in [-0.25, -0.2) is 13.1 Å². The van der Waals surface area contributed by atoms with E-state index in [0.717, 1.165) is 17.0 Å². The molecule has 1 aliphatic rings. The Bertz CT molecular complexity index is 879. The molecular formula is C17H17ClF3NO3S2. The van der Waals surface area contributed by atoms with E-state index < -0.39 is 37.7 Å². The zero-order valence-electron chi connectivity index (χ0n) is 14.0. The summed E-state index contributed by atoms with van der Waals surface area (Å²) in [6.07, 6.45) is -3.41. The van der Waals surface area contributed by atoms with Gasteiger partial charge in [0.1, 0.15) is 0 Å². The molecular weight excluding hydrogens is 423 g/mol. The number of thiophene rings is 1. The zero-order valence-corrected chi connectivity index (χ0v) is 16.4. The van der Waals surface area contributed by atoms with Crippen LogP contribution in [0.25, 0.3) is 0 Å². The largest absolute Gasteiger partial charge is 0.417 e. The molecule has 0 spiro atoms. The van der Waals surface area contributed by atoms with Crippen LogP contribution in [0.1, 0.15) is 29.3 Å². The predicted molar refractivity (Wildman–Crippen MR) is 97.4 cm³/mol. The highest BCUT2D eigenvalue weighted by molar-refractivity contribution is 7.89. The Balaban J connectivity index is 1.93. The number of sulfonamides is 1. The second kappa shape index (κ2) is 8.08. The Morgan fingerprint density at radius 3 is 2.52 bits per heavy atom. The minimum absolute atomic E-state index is 0.00145. The molecule has 0 aliphatic carbocycles. The Morgan fingerprint density at radius 1 is 1.22 bits per heavy atom. The van der Waals surface area contributed by atoms with Crippen molar-refractivity contribution in [2.45, 2.75) is 30.0 Å². The van der Waals surface area contributed by atoms with Crippen LogP contribution in [0.5, 0.6) is 0 Å². The van der Waals surface area contributed by atoms with Gasteiger partial charge in [-0.05, 0) is 48.4 Å². The third-order valence-electron chi connectivity index (χ3n) is 4.42. The number of alkyl halides is 3. The zero-order chi connectivity index (χ0) is 19.7. The molecule has 4 nitrogen and oxygen atoms in total. The summed E-state index contributed by atoms with van der Waals surface area (Å²) in [5.74, 6) is 0.00145. The number of halogens is 4. The molecule has 1 saturated heterocycles. The van der Waals surface area contributed by atoms with E-state index in [-0.39, 0.29) is 5.92 Å². The summed E-state index contributed by atoms with van der Waals surface area (Å²) in [7, 11) is -4.18. The van der Waals surface area contributed by atoms with E-state index in [1.54, 1.807) is 0 Å². The first kappa shape index (κ1) is 20.6. The summed E-state index contributed by atoms with van der Waals surface area (Å²) in [5, 5.41) is 1.29. The SMILES string of the molecule is O=S(=O)(N[C@H](c1cccs1)C1CCOCC1)c1ccc(Cl)c(C(F)(F)F)c1. The number of nitrogens with one attached hydrogen (secondary N) is 1. The van der Waals surface area contributed by atoms with E-state index >= 15 is 0 Å². The Morgan fingerprint density at radius 2 is 1.93 bits per heavy atom. The highest BCUT2D eigenvalue weighted by Gasteiger charge is 2.36. The lowest BCUT2D eigenvalue weighted by Crippen LogP contribution is -2.35. The van der Waals surface area contributed by atoms with E-state index in [0.29, 0.717) is 32.1 Å². The monoisotopic (exact) mass is 439 g/mol. The van der Waals surface area contributed by atoms with Gasteiger partial charge in [0.25, 0.3) is 0 Å². The number of ether oxygens (including phenoxy) is 1. The van der Waals surface area contributed by atoms with Crippen molar-refractivity contribution in [2.24, 2.45) is 5.92 Å².